The van der Waals surface area contributed by atoms with Crippen LogP contribution in [0.4, 0.5) is 10.1 Å². The Labute approximate surface area is 159 Å². The number of imidazole rings is 1. The van der Waals surface area contributed by atoms with Crippen LogP contribution < -0.4 is 5.32 Å². The fraction of sp³-hybridized carbons (Fsp3) is 0.0500. The van der Waals surface area contributed by atoms with E-state index in [0.29, 0.717) is 22.6 Å². The average Bonchev–Trinajstić information content (AvgIpc) is 3.07. The van der Waals surface area contributed by atoms with Crippen LogP contribution in [-0.4, -0.2) is 20.5 Å². The lowest BCUT2D eigenvalue weighted by molar-refractivity contribution is -0.114. The molecule has 0 bridgehead atoms. The summed E-state index contributed by atoms with van der Waals surface area (Å²) < 4.78 is 15.1. The Morgan fingerprint density at radius 3 is 2.74 bits per heavy atom. The zero-order valence-corrected chi connectivity index (χ0v) is 15.0. The van der Waals surface area contributed by atoms with E-state index in [2.05, 4.69) is 15.4 Å². The van der Waals surface area contributed by atoms with Crippen LogP contribution in [0.5, 0.6) is 0 Å². The number of aromatic nitrogens is 3. The van der Waals surface area contributed by atoms with Crippen LogP contribution in [-0.2, 0) is 4.79 Å². The highest BCUT2D eigenvalue weighted by Crippen LogP contribution is 2.27. The summed E-state index contributed by atoms with van der Waals surface area (Å²) >= 11 is 5.89. The summed E-state index contributed by atoms with van der Waals surface area (Å²) in [7, 11) is 0. The second-order valence-corrected chi connectivity index (χ2v) is 6.43. The van der Waals surface area contributed by atoms with Crippen molar-refractivity contribution in [1.82, 2.24) is 14.6 Å². The molecule has 0 spiro atoms. The lowest BCUT2D eigenvalue weighted by Gasteiger charge is -2.07. The third-order valence-corrected chi connectivity index (χ3v) is 4.35. The minimum atomic E-state index is -0.473. The van der Waals surface area contributed by atoms with Gasteiger partial charge in [0.1, 0.15) is 5.82 Å². The predicted molar refractivity (Wildman–Crippen MR) is 103 cm³/mol. The number of hydrogen-bond donors (Lipinski definition) is 1. The first-order chi connectivity index (χ1) is 13.0. The first-order valence-electron chi connectivity index (χ1n) is 8.19. The number of carbonyl (C=O) groups is 1. The molecular weight excluding hydrogens is 367 g/mol. The Morgan fingerprint density at radius 2 is 1.96 bits per heavy atom. The SMILES string of the molecule is CC(=O)Nc1cccc(-c2cnc3ccc(-c4ccc(F)c(Cl)c4)nn23)c1. The van der Waals surface area contributed by atoms with E-state index in [1.54, 1.807) is 22.8 Å². The van der Waals surface area contributed by atoms with Crippen molar-refractivity contribution in [3.63, 3.8) is 0 Å². The number of fused-ring (bicyclic) bond motifs is 1. The van der Waals surface area contributed by atoms with Crippen molar-refractivity contribution in [2.24, 2.45) is 0 Å². The predicted octanol–water partition coefficient (Wildman–Crippen LogP) is 4.81. The molecule has 2 aromatic heterocycles. The average molecular weight is 381 g/mol. The number of anilines is 1. The monoisotopic (exact) mass is 380 g/mol. The Balaban J connectivity index is 1.81. The van der Waals surface area contributed by atoms with Crippen LogP contribution in [0.2, 0.25) is 5.02 Å². The van der Waals surface area contributed by atoms with Gasteiger partial charge in [0, 0.05) is 23.7 Å². The fourth-order valence-electron chi connectivity index (χ4n) is 2.84. The molecule has 7 heteroatoms. The van der Waals surface area contributed by atoms with Gasteiger partial charge in [-0.05, 0) is 42.5 Å². The van der Waals surface area contributed by atoms with E-state index < -0.39 is 5.82 Å². The van der Waals surface area contributed by atoms with Crippen LogP contribution >= 0.6 is 11.6 Å². The number of nitrogens with zero attached hydrogens (tertiary/aromatic N) is 3. The van der Waals surface area contributed by atoms with Crippen LogP contribution in [0.1, 0.15) is 6.92 Å². The van der Waals surface area contributed by atoms with Gasteiger partial charge in [0.15, 0.2) is 5.65 Å². The van der Waals surface area contributed by atoms with Crippen LogP contribution in [0.3, 0.4) is 0 Å². The van der Waals surface area contributed by atoms with E-state index in [-0.39, 0.29) is 10.9 Å². The number of hydrogen-bond acceptors (Lipinski definition) is 3. The van der Waals surface area contributed by atoms with Crippen molar-refractivity contribution in [2.45, 2.75) is 6.92 Å². The molecule has 1 N–H and O–H groups in total. The van der Waals surface area contributed by atoms with Crippen LogP contribution in [0, 0.1) is 5.82 Å². The molecule has 0 saturated heterocycles. The van der Waals surface area contributed by atoms with E-state index in [1.165, 1.54) is 13.0 Å². The molecule has 5 nitrogen and oxygen atoms in total. The van der Waals surface area contributed by atoms with Crippen molar-refractivity contribution >= 4 is 28.8 Å². The topological polar surface area (TPSA) is 59.3 Å². The minimum Gasteiger partial charge on any atom is -0.326 e. The molecule has 0 atom stereocenters. The minimum absolute atomic E-state index is 0.0447. The quantitative estimate of drug-likeness (QED) is 0.554. The first-order valence-corrected chi connectivity index (χ1v) is 8.57. The van der Waals surface area contributed by atoms with Crippen molar-refractivity contribution in [3.8, 4) is 22.5 Å². The first kappa shape index (κ1) is 17.2. The molecule has 0 aliphatic heterocycles. The summed E-state index contributed by atoms with van der Waals surface area (Å²) in [6, 6.07) is 15.6. The molecule has 0 aliphatic rings. The standard InChI is InChI=1S/C20H14ClFN4O/c1-12(27)24-15-4-2-3-14(9-15)19-11-23-20-8-7-18(25-26(19)20)13-5-6-17(22)16(21)10-13/h2-11H,1H3,(H,24,27). The summed E-state index contributed by atoms with van der Waals surface area (Å²) in [5.74, 6) is -0.613. The molecule has 0 saturated carbocycles. The highest BCUT2D eigenvalue weighted by Gasteiger charge is 2.11. The fourth-order valence-corrected chi connectivity index (χ4v) is 3.02. The van der Waals surface area contributed by atoms with Crippen LogP contribution in [0.15, 0.2) is 60.8 Å². The molecule has 0 unspecified atom stereocenters. The lowest BCUT2D eigenvalue weighted by atomic mass is 10.1. The molecule has 4 rings (SSSR count). The molecular formula is C20H14ClFN4O. The zero-order valence-electron chi connectivity index (χ0n) is 14.3. The number of halogens is 2. The van der Waals surface area contributed by atoms with E-state index in [0.717, 1.165) is 11.3 Å². The molecule has 134 valence electrons. The summed E-state index contributed by atoms with van der Waals surface area (Å²) in [6.07, 6.45) is 1.72. The van der Waals surface area contributed by atoms with Gasteiger partial charge in [-0.3, -0.25) is 4.79 Å². The summed E-state index contributed by atoms with van der Waals surface area (Å²) in [4.78, 5) is 15.7. The maximum atomic E-state index is 13.4. The molecule has 0 aliphatic carbocycles. The van der Waals surface area contributed by atoms with Crippen molar-refractivity contribution < 1.29 is 9.18 Å². The van der Waals surface area contributed by atoms with E-state index in [9.17, 15) is 9.18 Å². The number of carbonyl (C=O) groups excluding carboxylic acids is 1. The molecule has 4 aromatic rings. The lowest BCUT2D eigenvalue weighted by Crippen LogP contribution is -2.05. The zero-order chi connectivity index (χ0) is 19.0. The number of benzene rings is 2. The van der Waals surface area contributed by atoms with Gasteiger partial charge in [-0.25, -0.2) is 13.9 Å². The Morgan fingerprint density at radius 1 is 1.11 bits per heavy atom. The number of nitrogens with one attached hydrogen (secondary N) is 1. The second kappa shape index (κ2) is 6.81. The van der Waals surface area contributed by atoms with E-state index >= 15 is 0 Å². The molecule has 0 fully saturated rings. The maximum Gasteiger partial charge on any atom is 0.221 e. The molecule has 1 amide bonds. The van der Waals surface area contributed by atoms with Crippen molar-refractivity contribution in [2.75, 3.05) is 5.32 Å². The largest absolute Gasteiger partial charge is 0.326 e. The van der Waals surface area contributed by atoms with Gasteiger partial charge in [0.25, 0.3) is 0 Å². The van der Waals surface area contributed by atoms with Gasteiger partial charge in [-0.1, -0.05) is 23.7 Å². The van der Waals surface area contributed by atoms with Gasteiger partial charge in [-0.2, -0.15) is 5.10 Å². The molecule has 2 aromatic carbocycles. The van der Waals surface area contributed by atoms with Gasteiger partial charge >= 0.3 is 0 Å². The van der Waals surface area contributed by atoms with Crippen LogP contribution in [0.25, 0.3) is 28.2 Å². The smallest absolute Gasteiger partial charge is 0.221 e. The van der Waals surface area contributed by atoms with Crippen molar-refractivity contribution in [3.05, 3.63) is 71.6 Å². The van der Waals surface area contributed by atoms with Gasteiger partial charge in [0.2, 0.25) is 5.91 Å². The molecule has 27 heavy (non-hydrogen) atoms. The highest BCUT2D eigenvalue weighted by molar-refractivity contribution is 6.31. The second-order valence-electron chi connectivity index (χ2n) is 6.02. The van der Waals surface area contributed by atoms with E-state index in [1.807, 2.05) is 36.4 Å². The normalized spacial score (nSPS) is 10.9. The third kappa shape index (κ3) is 3.39. The summed E-state index contributed by atoms with van der Waals surface area (Å²) in [6.45, 7) is 1.46. The highest BCUT2D eigenvalue weighted by atomic mass is 35.5. The number of amides is 1. The van der Waals surface area contributed by atoms with Gasteiger partial charge in [0.05, 0.1) is 22.6 Å². The molecule has 0 radical (unpaired) electrons. The Kier molecular flexibility index (Phi) is 4.33. The number of rotatable bonds is 3. The summed E-state index contributed by atoms with van der Waals surface area (Å²) in [5.41, 5.74) is 4.34. The van der Waals surface area contributed by atoms with Gasteiger partial charge < -0.3 is 5.32 Å². The third-order valence-electron chi connectivity index (χ3n) is 4.06. The summed E-state index contributed by atoms with van der Waals surface area (Å²) in [5, 5.41) is 7.44. The van der Waals surface area contributed by atoms with Gasteiger partial charge in [-0.15, -0.1) is 0 Å². The Bertz CT molecular complexity index is 1170. The Hall–Kier alpha value is -3.25. The maximum absolute atomic E-state index is 13.4. The van der Waals surface area contributed by atoms with E-state index in [4.69, 9.17) is 11.6 Å². The molecule has 2 heterocycles. The van der Waals surface area contributed by atoms with Crippen molar-refractivity contribution in [1.29, 1.82) is 0 Å².